The number of nitrogens with zero attached hydrogens (tertiary/aromatic N) is 1. The third-order valence-corrected chi connectivity index (χ3v) is 3.61. The third-order valence-electron chi connectivity index (χ3n) is 3.61. The Morgan fingerprint density at radius 3 is 2.59 bits per heavy atom. The minimum atomic E-state index is -0.955. The van der Waals surface area contributed by atoms with Crippen molar-refractivity contribution in [1.29, 1.82) is 0 Å². The van der Waals surface area contributed by atoms with E-state index < -0.39 is 17.6 Å². The molecule has 1 aromatic carbocycles. The standard InChI is InChI=1S/C15H18F2N2O3/c1-22-14(20)4-5-19(15(21)11-7-18-8-11)9-10-2-3-12(16)13(17)6-10/h2-3,6,11,18H,4-5,7-9H2,1H3. The van der Waals surface area contributed by atoms with Gasteiger partial charge in [-0.15, -0.1) is 0 Å². The Morgan fingerprint density at radius 2 is 2.05 bits per heavy atom. The Bertz CT molecular complexity index is 562. The van der Waals surface area contributed by atoms with E-state index >= 15 is 0 Å². The van der Waals surface area contributed by atoms with Crippen molar-refractivity contribution < 1.29 is 23.1 Å². The molecule has 5 nitrogen and oxygen atoms in total. The van der Waals surface area contributed by atoms with Gasteiger partial charge in [0.1, 0.15) is 0 Å². The largest absolute Gasteiger partial charge is 0.469 e. The highest BCUT2D eigenvalue weighted by molar-refractivity contribution is 5.81. The van der Waals surface area contributed by atoms with Gasteiger partial charge in [0, 0.05) is 26.2 Å². The van der Waals surface area contributed by atoms with Crippen LogP contribution in [0.1, 0.15) is 12.0 Å². The summed E-state index contributed by atoms with van der Waals surface area (Å²) in [5.74, 6) is -2.55. The number of carbonyl (C=O) groups excluding carboxylic acids is 2. The summed E-state index contributed by atoms with van der Waals surface area (Å²) >= 11 is 0. The van der Waals surface area contributed by atoms with E-state index in [9.17, 15) is 18.4 Å². The SMILES string of the molecule is COC(=O)CCN(Cc1ccc(F)c(F)c1)C(=O)C1CNC1. The van der Waals surface area contributed by atoms with Crippen LogP contribution in [0.2, 0.25) is 0 Å². The van der Waals surface area contributed by atoms with E-state index in [4.69, 9.17) is 0 Å². The normalized spacial score (nSPS) is 14.3. The Kier molecular flexibility index (Phi) is 5.43. The fraction of sp³-hybridized carbons (Fsp3) is 0.467. The highest BCUT2D eigenvalue weighted by atomic mass is 19.2. The van der Waals surface area contributed by atoms with Gasteiger partial charge in [-0.3, -0.25) is 9.59 Å². The molecular weight excluding hydrogens is 294 g/mol. The van der Waals surface area contributed by atoms with Gasteiger partial charge >= 0.3 is 5.97 Å². The summed E-state index contributed by atoms with van der Waals surface area (Å²) in [7, 11) is 1.28. The molecule has 0 saturated carbocycles. The van der Waals surface area contributed by atoms with Crippen molar-refractivity contribution in [2.75, 3.05) is 26.7 Å². The Morgan fingerprint density at radius 1 is 1.32 bits per heavy atom. The molecule has 0 bridgehead atoms. The number of carbonyl (C=O) groups is 2. The molecule has 2 rings (SSSR count). The van der Waals surface area contributed by atoms with Gasteiger partial charge in [0.15, 0.2) is 11.6 Å². The molecule has 1 N–H and O–H groups in total. The number of ether oxygens (including phenoxy) is 1. The number of halogens is 2. The Hall–Kier alpha value is -2.02. The number of benzene rings is 1. The molecule has 0 radical (unpaired) electrons. The summed E-state index contributed by atoms with van der Waals surface area (Å²) in [5, 5.41) is 3.00. The first kappa shape index (κ1) is 16.4. The van der Waals surface area contributed by atoms with Crippen molar-refractivity contribution in [2.24, 2.45) is 5.92 Å². The summed E-state index contributed by atoms with van der Waals surface area (Å²) in [5.41, 5.74) is 0.476. The van der Waals surface area contributed by atoms with E-state index in [1.807, 2.05) is 0 Å². The third kappa shape index (κ3) is 4.00. The van der Waals surface area contributed by atoms with Crippen LogP contribution in [0.4, 0.5) is 8.78 Å². The molecule has 1 amide bonds. The topological polar surface area (TPSA) is 58.6 Å². The van der Waals surface area contributed by atoms with Crippen LogP contribution in [0.25, 0.3) is 0 Å². The monoisotopic (exact) mass is 312 g/mol. The molecule has 22 heavy (non-hydrogen) atoms. The summed E-state index contributed by atoms with van der Waals surface area (Å²) in [6.07, 6.45) is 0.0616. The molecule has 0 spiro atoms. The van der Waals surface area contributed by atoms with Gasteiger partial charge in [0.2, 0.25) is 5.91 Å². The number of nitrogens with one attached hydrogen (secondary N) is 1. The lowest BCUT2D eigenvalue weighted by molar-refractivity contribution is -0.143. The van der Waals surface area contributed by atoms with Crippen molar-refractivity contribution in [3.8, 4) is 0 Å². The van der Waals surface area contributed by atoms with Gasteiger partial charge in [-0.25, -0.2) is 8.78 Å². The summed E-state index contributed by atoms with van der Waals surface area (Å²) in [6.45, 7) is 1.49. The van der Waals surface area contributed by atoms with Gasteiger partial charge < -0.3 is 15.0 Å². The van der Waals surface area contributed by atoms with E-state index in [0.717, 1.165) is 12.1 Å². The predicted molar refractivity (Wildman–Crippen MR) is 74.8 cm³/mol. The molecule has 7 heteroatoms. The fourth-order valence-electron chi connectivity index (χ4n) is 2.18. The van der Waals surface area contributed by atoms with E-state index in [2.05, 4.69) is 10.1 Å². The zero-order valence-corrected chi connectivity index (χ0v) is 12.3. The van der Waals surface area contributed by atoms with Crippen molar-refractivity contribution >= 4 is 11.9 Å². The van der Waals surface area contributed by atoms with Crippen molar-refractivity contribution in [2.45, 2.75) is 13.0 Å². The Labute approximate surface area is 127 Å². The number of rotatable bonds is 6. The van der Waals surface area contributed by atoms with Crippen LogP contribution in [0.3, 0.4) is 0 Å². The quantitative estimate of drug-likeness (QED) is 0.799. The van der Waals surface area contributed by atoms with Crippen molar-refractivity contribution in [3.05, 3.63) is 35.4 Å². The van der Waals surface area contributed by atoms with Gasteiger partial charge in [-0.1, -0.05) is 6.07 Å². The van der Waals surface area contributed by atoms with Gasteiger partial charge in [-0.2, -0.15) is 0 Å². The molecule has 1 saturated heterocycles. The average Bonchev–Trinajstić information content (AvgIpc) is 2.44. The first-order valence-electron chi connectivity index (χ1n) is 7.01. The van der Waals surface area contributed by atoms with Crippen LogP contribution >= 0.6 is 0 Å². The summed E-state index contributed by atoms with van der Waals surface area (Å²) in [6, 6.07) is 3.52. The van der Waals surface area contributed by atoms with Gasteiger partial charge in [-0.05, 0) is 17.7 Å². The summed E-state index contributed by atoms with van der Waals surface area (Å²) < 4.78 is 30.8. The maximum Gasteiger partial charge on any atom is 0.307 e. The predicted octanol–water partition coefficient (Wildman–Crippen LogP) is 1.08. The molecule has 1 aliphatic heterocycles. The average molecular weight is 312 g/mol. The van der Waals surface area contributed by atoms with Crippen LogP contribution in [0, 0.1) is 17.6 Å². The molecule has 1 aliphatic rings. The summed E-state index contributed by atoms with van der Waals surface area (Å²) in [4.78, 5) is 25.1. The second-order valence-corrected chi connectivity index (χ2v) is 5.19. The Balaban J connectivity index is 2.06. The number of methoxy groups -OCH3 is 1. The first-order valence-corrected chi connectivity index (χ1v) is 7.01. The highest BCUT2D eigenvalue weighted by Crippen LogP contribution is 2.15. The molecule has 0 aromatic heterocycles. The lowest BCUT2D eigenvalue weighted by Crippen LogP contribution is -2.52. The van der Waals surface area contributed by atoms with Crippen LogP contribution < -0.4 is 5.32 Å². The minimum absolute atomic E-state index is 0.0616. The van der Waals surface area contributed by atoms with Crippen LogP contribution in [-0.2, 0) is 20.9 Å². The van der Waals surface area contributed by atoms with Crippen molar-refractivity contribution in [1.82, 2.24) is 10.2 Å². The fourth-order valence-corrected chi connectivity index (χ4v) is 2.18. The minimum Gasteiger partial charge on any atom is -0.469 e. The van der Waals surface area contributed by atoms with Gasteiger partial charge in [0.05, 0.1) is 19.4 Å². The van der Waals surface area contributed by atoms with Crippen molar-refractivity contribution in [3.63, 3.8) is 0 Å². The number of esters is 1. The number of hydrogen-bond donors (Lipinski definition) is 1. The molecule has 120 valence electrons. The second kappa shape index (κ2) is 7.31. The maximum atomic E-state index is 13.3. The first-order chi connectivity index (χ1) is 10.5. The molecule has 0 atom stereocenters. The molecule has 0 unspecified atom stereocenters. The second-order valence-electron chi connectivity index (χ2n) is 5.19. The molecule has 1 heterocycles. The lowest BCUT2D eigenvalue weighted by atomic mass is 10.0. The van der Waals surface area contributed by atoms with E-state index in [0.29, 0.717) is 18.7 Å². The van der Waals surface area contributed by atoms with E-state index in [-0.39, 0.29) is 31.3 Å². The number of hydrogen-bond acceptors (Lipinski definition) is 4. The van der Waals surface area contributed by atoms with E-state index in [1.54, 1.807) is 0 Å². The molecule has 1 fully saturated rings. The lowest BCUT2D eigenvalue weighted by Gasteiger charge is -2.32. The highest BCUT2D eigenvalue weighted by Gasteiger charge is 2.29. The number of amides is 1. The molecule has 0 aliphatic carbocycles. The smallest absolute Gasteiger partial charge is 0.307 e. The van der Waals surface area contributed by atoms with E-state index in [1.165, 1.54) is 18.1 Å². The maximum absolute atomic E-state index is 13.3. The van der Waals surface area contributed by atoms with Crippen LogP contribution in [0.15, 0.2) is 18.2 Å². The van der Waals surface area contributed by atoms with Gasteiger partial charge in [0.25, 0.3) is 0 Å². The molecule has 1 aromatic rings. The molecular formula is C15H18F2N2O3. The van der Waals surface area contributed by atoms with Crippen LogP contribution in [-0.4, -0.2) is 43.5 Å². The zero-order valence-electron chi connectivity index (χ0n) is 12.3. The van der Waals surface area contributed by atoms with Crippen LogP contribution in [0.5, 0.6) is 0 Å². The zero-order chi connectivity index (χ0) is 16.1.